The number of hydrogen-bond acceptors (Lipinski definition) is 6. The second-order valence-corrected chi connectivity index (χ2v) is 2.68. The topological polar surface area (TPSA) is 85.6 Å². The molecule has 64 valence electrons. The van der Waals surface area contributed by atoms with Crippen molar-refractivity contribution < 1.29 is 0 Å². The van der Waals surface area contributed by atoms with Crippen molar-refractivity contribution in [1.29, 1.82) is 5.41 Å². The quantitative estimate of drug-likeness (QED) is 0.398. The zero-order valence-electron chi connectivity index (χ0n) is 6.44. The second kappa shape index (κ2) is 2.31. The Morgan fingerprint density at radius 1 is 1.33 bits per heavy atom. The molecule has 2 aliphatic heterocycles. The van der Waals surface area contributed by atoms with Crippen LogP contribution in [0, 0.1) is 5.41 Å². The number of hydrogen-bond donors (Lipinski definition) is 3. The Labute approximate surface area is 69.7 Å². The molecule has 2 heterocycles. The first kappa shape index (κ1) is 7.29. The van der Waals surface area contributed by atoms with E-state index in [1.165, 1.54) is 10.1 Å². The highest BCUT2D eigenvalue weighted by molar-refractivity contribution is 6.00. The number of hydrazine groups is 3. The van der Waals surface area contributed by atoms with Gasteiger partial charge in [-0.2, -0.15) is 0 Å². The second-order valence-electron chi connectivity index (χ2n) is 2.68. The Bertz CT molecular complexity index is 280. The van der Waals surface area contributed by atoms with Gasteiger partial charge in [0.1, 0.15) is 0 Å². The third-order valence-electron chi connectivity index (χ3n) is 1.80. The minimum absolute atomic E-state index is 0.421. The van der Waals surface area contributed by atoms with Gasteiger partial charge in [0.05, 0.1) is 18.0 Å². The average molecular weight is 166 g/mol. The van der Waals surface area contributed by atoms with Crippen LogP contribution >= 0.6 is 0 Å². The van der Waals surface area contributed by atoms with Crippen LogP contribution in [-0.4, -0.2) is 27.4 Å². The average Bonchev–Trinajstić information content (AvgIpc) is 2.28. The van der Waals surface area contributed by atoms with Crippen molar-refractivity contribution in [2.24, 2.45) is 11.7 Å². The van der Waals surface area contributed by atoms with Crippen LogP contribution in [0.15, 0.2) is 24.3 Å². The number of nitrogens with two attached hydrogens (primary N) is 2. The lowest BCUT2D eigenvalue weighted by molar-refractivity contribution is 0.0970. The van der Waals surface area contributed by atoms with Crippen LogP contribution in [0.1, 0.15) is 0 Å². The molecule has 0 radical (unpaired) electrons. The molecule has 6 heteroatoms. The predicted molar refractivity (Wildman–Crippen MR) is 43.7 cm³/mol. The van der Waals surface area contributed by atoms with E-state index in [0.717, 1.165) is 5.70 Å². The summed E-state index contributed by atoms with van der Waals surface area (Å²) in [5.41, 5.74) is 1.19. The van der Waals surface area contributed by atoms with Crippen LogP contribution in [0.25, 0.3) is 0 Å². The molecule has 0 spiro atoms. The smallest absolute Gasteiger partial charge is 0.0987 e. The third kappa shape index (κ3) is 0.900. The van der Waals surface area contributed by atoms with Gasteiger partial charge in [0.25, 0.3) is 0 Å². The lowest BCUT2D eigenvalue weighted by Gasteiger charge is -2.26. The molecule has 5 N–H and O–H groups in total. The Morgan fingerprint density at radius 2 is 2.08 bits per heavy atom. The van der Waals surface area contributed by atoms with Gasteiger partial charge in [0.15, 0.2) is 0 Å². The van der Waals surface area contributed by atoms with E-state index >= 15 is 0 Å². The fraction of sp³-hybridized carbons (Fsp3) is 0.167. The molecule has 0 saturated carbocycles. The number of fused-ring (bicyclic) bond motifs is 1. The molecular formula is C6H10N6. The molecule has 0 aliphatic carbocycles. The van der Waals surface area contributed by atoms with Gasteiger partial charge in [-0.15, -0.1) is 5.12 Å². The van der Waals surface area contributed by atoms with Gasteiger partial charge in [-0.25, -0.2) is 11.7 Å². The van der Waals surface area contributed by atoms with E-state index in [0.29, 0.717) is 12.3 Å². The Hall–Kier alpha value is -1.37. The lowest BCUT2D eigenvalue weighted by atomic mass is 10.3. The molecule has 1 fully saturated rings. The maximum absolute atomic E-state index is 7.55. The normalized spacial score (nSPS) is 23.2. The summed E-state index contributed by atoms with van der Waals surface area (Å²) >= 11 is 0. The van der Waals surface area contributed by atoms with Crippen molar-refractivity contribution in [2.45, 2.75) is 0 Å². The molecule has 1 saturated heterocycles. The fourth-order valence-electron chi connectivity index (χ4n) is 1.22. The van der Waals surface area contributed by atoms with Crippen molar-refractivity contribution in [3.8, 4) is 0 Å². The summed E-state index contributed by atoms with van der Waals surface area (Å²) in [6, 6.07) is 0. The van der Waals surface area contributed by atoms with Crippen LogP contribution in [0.2, 0.25) is 0 Å². The third-order valence-corrected chi connectivity index (χ3v) is 1.80. The minimum atomic E-state index is 0.421. The summed E-state index contributed by atoms with van der Waals surface area (Å²) in [6.07, 6.45) is 5.05. The maximum Gasteiger partial charge on any atom is 0.0987 e. The number of rotatable bonds is 0. The molecular weight excluding hydrogens is 156 g/mol. The molecule has 0 unspecified atom stereocenters. The maximum atomic E-state index is 7.55. The highest BCUT2D eigenvalue weighted by Gasteiger charge is 2.28. The van der Waals surface area contributed by atoms with Gasteiger partial charge < -0.3 is 5.41 Å². The fourth-order valence-corrected chi connectivity index (χ4v) is 1.22. The van der Waals surface area contributed by atoms with Crippen LogP contribution in [0.4, 0.5) is 0 Å². The summed E-state index contributed by atoms with van der Waals surface area (Å²) in [5, 5.41) is 12.1. The number of nitrogens with one attached hydrogen (secondary N) is 1. The first-order valence-electron chi connectivity index (χ1n) is 3.51. The first-order valence-corrected chi connectivity index (χ1v) is 3.51. The highest BCUT2D eigenvalue weighted by Crippen LogP contribution is 2.19. The van der Waals surface area contributed by atoms with E-state index in [9.17, 15) is 0 Å². The van der Waals surface area contributed by atoms with Crippen molar-refractivity contribution in [2.75, 3.05) is 6.54 Å². The highest BCUT2D eigenvalue weighted by atomic mass is 15.8. The molecule has 0 aromatic carbocycles. The Kier molecular flexibility index (Phi) is 1.40. The van der Waals surface area contributed by atoms with Gasteiger partial charge in [-0.1, -0.05) is 0 Å². The summed E-state index contributed by atoms with van der Waals surface area (Å²) in [7, 11) is 0. The molecule has 6 nitrogen and oxygen atoms in total. The molecule has 0 atom stereocenters. The van der Waals surface area contributed by atoms with Crippen LogP contribution < -0.4 is 11.7 Å². The largest absolute Gasteiger partial charge is 0.302 e. The monoisotopic (exact) mass is 166 g/mol. The molecule has 2 rings (SSSR count). The van der Waals surface area contributed by atoms with E-state index in [2.05, 4.69) is 0 Å². The van der Waals surface area contributed by atoms with Crippen molar-refractivity contribution >= 4 is 5.71 Å². The molecule has 0 bridgehead atoms. The van der Waals surface area contributed by atoms with E-state index in [1.807, 2.05) is 0 Å². The van der Waals surface area contributed by atoms with E-state index in [-0.39, 0.29) is 0 Å². The minimum Gasteiger partial charge on any atom is -0.302 e. The molecule has 0 amide bonds. The SMILES string of the molecule is N=C1CN(N)N2C=CN(N)C=C12. The van der Waals surface area contributed by atoms with Crippen molar-refractivity contribution in [1.82, 2.24) is 15.1 Å². The Balaban J connectivity index is 2.34. The Morgan fingerprint density at radius 3 is 2.83 bits per heavy atom. The predicted octanol–water partition coefficient (Wildman–Crippen LogP) is -1.09. The van der Waals surface area contributed by atoms with E-state index in [4.69, 9.17) is 17.1 Å². The molecule has 2 aliphatic rings. The summed E-state index contributed by atoms with van der Waals surface area (Å²) in [6.45, 7) is 0.421. The van der Waals surface area contributed by atoms with Gasteiger partial charge in [0, 0.05) is 18.6 Å². The van der Waals surface area contributed by atoms with E-state index < -0.39 is 0 Å². The molecule has 0 aromatic rings. The summed E-state index contributed by atoms with van der Waals surface area (Å²) < 4.78 is 0. The van der Waals surface area contributed by atoms with Gasteiger partial charge in [0.2, 0.25) is 0 Å². The van der Waals surface area contributed by atoms with Crippen molar-refractivity contribution in [3.05, 3.63) is 24.3 Å². The first-order chi connectivity index (χ1) is 5.68. The van der Waals surface area contributed by atoms with Crippen LogP contribution in [0.5, 0.6) is 0 Å². The van der Waals surface area contributed by atoms with E-state index in [1.54, 1.807) is 23.6 Å². The van der Waals surface area contributed by atoms with Crippen LogP contribution in [-0.2, 0) is 0 Å². The summed E-state index contributed by atoms with van der Waals surface area (Å²) in [4.78, 5) is 0. The van der Waals surface area contributed by atoms with Gasteiger partial charge >= 0.3 is 0 Å². The van der Waals surface area contributed by atoms with Gasteiger partial charge in [-0.3, -0.25) is 10.0 Å². The van der Waals surface area contributed by atoms with Crippen LogP contribution in [0.3, 0.4) is 0 Å². The van der Waals surface area contributed by atoms with Crippen molar-refractivity contribution in [3.63, 3.8) is 0 Å². The zero-order chi connectivity index (χ0) is 8.72. The van der Waals surface area contributed by atoms with Gasteiger partial charge in [-0.05, 0) is 0 Å². The lowest BCUT2D eigenvalue weighted by Crippen LogP contribution is -2.39. The number of nitrogens with zero attached hydrogens (tertiary/aromatic N) is 3. The zero-order valence-corrected chi connectivity index (χ0v) is 6.44. The standard InChI is InChI=1S/C6H10N6/c7-5-3-12(9)11-2-1-10(8)4-6(5)11/h1-2,4,7H,3,8-9H2. The molecule has 12 heavy (non-hydrogen) atoms. The molecule has 0 aromatic heterocycles. The summed E-state index contributed by atoms with van der Waals surface area (Å²) in [5.74, 6) is 11.1.